The average molecular weight is 396 g/mol. The molecule has 4 bridgehead atoms. The fourth-order valence-electron chi connectivity index (χ4n) is 6.06. The normalized spacial score (nSPS) is 30.8. The number of pyridine rings is 1. The van der Waals surface area contributed by atoms with Gasteiger partial charge in [-0.2, -0.15) is 0 Å². The molecule has 5 nitrogen and oxygen atoms in total. The number of fused-ring (bicyclic) bond motifs is 5. The van der Waals surface area contributed by atoms with Gasteiger partial charge in [-0.25, -0.2) is 4.98 Å². The van der Waals surface area contributed by atoms with Crippen LogP contribution in [0, 0.1) is 18.8 Å². The van der Waals surface area contributed by atoms with Crippen LogP contribution in [0.3, 0.4) is 0 Å². The zero-order valence-electron chi connectivity index (χ0n) is 16.2. The predicted octanol–water partition coefficient (Wildman–Crippen LogP) is 3.85. The first-order chi connectivity index (χ1) is 13.6. The number of aryl methyl sites for hydroxylation is 1. The maximum Gasteiger partial charge on any atom is 0.264 e. The summed E-state index contributed by atoms with van der Waals surface area (Å²) in [4.78, 5) is 36.6. The van der Waals surface area contributed by atoms with Crippen LogP contribution in [0.4, 0.5) is 0 Å². The lowest BCUT2D eigenvalue weighted by molar-refractivity contribution is 0.0698. The first-order valence-electron chi connectivity index (χ1n) is 10.6. The minimum absolute atomic E-state index is 0.108. The summed E-state index contributed by atoms with van der Waals surface area (Å²) >= 11 is 1.48. The van der Waals surface area contributed by atoms with Crippen molar-refractivity contribution in [2.24, 2.45) is 11.8 Å². The Hall–Kier alpha value is -1.95. The number of likely N-dealkylation sites (tertiary alicyclic amines) is 2. The maximum absolute atomic E-state index is 13.2. The minimum atomic E-state index is 0.108. The Morgan fingerprint density at radius 1 is 1.00 bits per heavy atom. The van der Waals surface area contributed by atoms with E-state index in [-0.39, 0.29) is 11.8 Å². The number of aromatic nitrogens is 1. The van der Waals surface area contributed by atoms with Gasteiger partial charge in [0, 0.05) is 36.8 Å². The number of nitrogens with zero attached hydrogens (tertiary/aromatic N) is 3. The summed E-state index contributed by atoms with van der Waals surface area (Å²) in [6.45, 7) is 3.81. The van der Waals surface area contributed by atoms with Crippen molar-refractivity contribution in [3.8, 4) is 0 Å². The van der Waals surface area contributed by atoms with Gasteiger partial charge in [0.1, 0.15) is 4.83 Å². The lowest BCUT2D eigenvalue weighted by Gasteiger charge is -2.27. The van der Waals surface area contributed by atoms with Crippen molar-refractivity contribution in [2.45, 2.75) is 57.5 Å². The second kappa shape index (κ2) is 6.02. The van der Waals surface area contributed by atoms with Gasteiger partial charge in [0.15, 0.2) is 0 Å². The zero-order chi connectivity index (χ0) is 19.0. The molecule has 2 aromatic heterocycles. The molecule has 28 heavy (non-hydrogen) atoms. The van der Waals surface area contributed by atoms with Gasteiger partial charge < -0.3 is 9.80 Å². The molecule has 6 heteroatoms. The van der Waals surface area contributed by atoms with Crippen LogP contribution in [-0.2, 0) is 0 Å². The van der Waals surface area contributed by atoms with E-state index in [2.05, 4.69) is 9.88 Å². The van der Waals surface area contributed by atoms with E-state index >= 15 is 0 Å². The van der Waals surface area contributed by atoms with E-state index in [0.717, 1.165) is 53.0 Å². The van der Waals surface area contributed by atoms with Crippen molar-refractivity contribution >= 4 is 33.4 Å². The number of amides is 2. The highest BCUT2D eigenvalue weighted by Crippen LogP contribution is 2.41. The van der Waals surface area contributed by atoms with Gasteiger partial charge in [-0.3, -0.25) is 9.59 Å². The third kappa shape index (κ3) is 2.39. The van der Waals surface area contributed by atoms with Crippen molar-refractivity contribution < 1.29 is 9.59 Å². The van der Waals surface area contributed by atoms with Crippen molar-refractivity contribution in [3.05, 3.63) is 28.3 Å². The van der Waals surface area contributed by atoms with E-state index in [0.29, 0.717) is 29.5 Å². The highest BCUT2D eigenvalue weighted by Gasteiger charge is 2.42. The number of carbonyl (C=O) groups is 2. The third-order valence-corrected chi connectivity index (χ3v) is 8.78. The van der Waals surface area contributed by atoms with Gasteiger partial charge >= 0.3 is 0 Å². The molecule has 2 saturated carbocycles. The zero-order valence-corrected chi connectivity index (χ0v) is 17.0. The molecule has 4 unspecified atom stereocenters. The Morgan fingerprint density at radius 3 is 2.21 bits per heavy atom. The highest BCUT2D eigenvalue weighted by molar-refractivity contribution is 7.20. The predicted molar refractivity (Wildman–Crippen MR) is 109 cm³/mol. The number of rotatable bonds is 2. The largest absolute Gasteiger partial charge is 0.335 e. The number of piperidine rings is 2. The van der Waals surface area contributed by atoms with E-state index < -0.39 is 0 Å². The third-order valence-electron chi connectivity index (χ3n) is 7.58. The summed E-state index contributed by atoms with van der Waals surface area (Å²) in [6.07, 6.45) is 8.86. The molecule has 0 spiro atoms. The van der Waals surface area contributed by atoms with Crippen LogP contribution in [0.25, 0.3) is 10.2 Å². The molecule has 4 heterocycles. The summed E-state index contributed by atoms with van der Waals surface area (Å²) in [5.74, 6) is 1.66. The van der Waals surface area contributed by atoms with Crippen LogP contribution in [0.5, 0.6) is 0 Å². The Kier molecular flexibility index (Phi) is 3.65. The maximum atomic E-state index is 13.2. The topological polar surface area (TPSA) is 53.5 Å². The highest BCUT2D eigenvalue weighted by atomic mass is 32.1. The number of carbonyl (C=O) groups excluding carboxylic acids is 2. The van der Waals surface area contributed by atoms with Crippen LogP contribution >= 0.6 is 11.3 Å². The lowest BCUT2D eigenvalue weighted by Crippen LogP contribution is -2.37. The summed E-state index contributed by atoms with van der Waals surface area (Å²) in [6, 6.07) is 2.81. The number of hydrogen-bond acceptors (Lipinski definition) is 4. The smallest absolute Gasteiger partial charge is 0.264 e. The first-order valence-corrected chi connectivity index (χ1v) is 11.4. The molecule has 0 N–H and O–H groups in total. The molecule has 2 aliphatic heterocycles. The summed E-state index contributed by atoms with van der Waals surface area (Å²) < 4.78 is 0. The minimum Gasteiger partial charge on any atom is -0.335 e. The summed E-state index contributed by atoms with van der Waals surface area (Å²) in [5.41, 5.74) is 1.65. The number of hydrogen-bond donors (Lipinski definition) is 0. The van der Waals surface area contributed by atoms with E-state index in [1.54, 1.807) is 6.20 Å². The monoisotopic (exact) mass is 395 g/mol. The van der Waals surface area contributed by atoms with Gasteiger partial charge in [-0.1, -0.05) is 0 Å². The van der Waals surface area contributed by atoms with Gasteiger partial charge in [0.05, 0.1) is 10.4 Å². The van der Waals surface area contributed by atoms with Crippen LogP contribution in [0.2, 0.25) is 0 Å². The van der Waals surface area contributed by atoms with Crippen LogP contribution in [0.1, 0.15) is 64.1 Å². The van der Waals surface area contributed by atoms with Crippen LogP contribution in [-0.4, -0.2) is 51.8 Å². The Morgan fingerprint density at radius 2 is 1.64 bits per heavy atom. The standard InChI is InChI=1S/C22H25N3O2S/c1-12-18-8-15(21(26)24-10-13-2-4-16(24)6-13)9-23-20(18)28-19(12)22(27)25-11-14-3-5-17(25)7-14/h8-9,13-14,16-17H,2-7,10-11H2,1H3. The fraction of sp³-hybridized carbons (Fsp3) is 0.591. The van der Waals surface area contributed by atoms with Gasteiger partial charge in [-0.05, 0) is 68.9 Å². The van der Waals surface area contributed by atoms with Crippen LogP contribution < -0.4 is 0 Å². The molecule has 4 fully saturated rings. The molecule has 6 rings (SSSR count). The Labute approximate surface area is 168 Å². The summed E-state index contributed by atoms with van der Waals surface area (Å²) in [5, 5.41) is 0.966. The molecule has 146 valence electrons. The van der Waals surface area contributed by atoms with Gasteiger partial charge in [0.25, 0.3) is 11.8 Å². The second-order valence-electron chi connectivity index (χ2n) is 9.21. The first kappa shape index (κ1) is 17.0. The van der Waals surface area contributed by atoms with E-state index in [9.17, 15) is 9.59 Å². The van der Waals surface area contributed by atoms with Crippen LogP contribution in [0.15, 0.2) is 12.3 Å². The van der Waals surface area contributed by atoms with E-state index in [1.165, 1.54) is 30.6 Å². The molecule has 0 radical (unpaired) electrons. The van der Waals surface area contributed by atoms with Crippen molar-refractivity contribution in [3.63, 3.8) is 0 Å². The van der Waals surface area contributed by atoms with Gasteiger partial charge in [-0.15, -0.1) is 11.3 Å². The van der Waals surface area contributed by atoms with Crippen molar-refractivity contribution in [2.75, 3.05) is 13.1 Å². The molecular weight excluding hydrogens is 370 g/mol. The SMILES string of the molecule is Cc1c(C(=O)N2CC3CCC2C3)sc2ncc(C(=O)N3CC4CCC3C4)cc12. The molecule has 2 amide bonds. The van der Waals surface area contributed by atoms with E-state index in [4.69, 9.17) is 0 Å². The second-order valence-corrected chi connectivity index (χ2v) is 10.2. The Bertz CT molecular complexity index is 999. The average Bonchev–Trinajstić information content (AvgIpc) is 3.52. The molecule has 4 aliphatic rings. The van der Waals surface area contributed by atoms with Gasteiger partial charge in [0.2, 0.25) is 0 Å². The molecule has 2 aliphatic carbocycles. The molecule has 0 aromatic carbocycles. The summed E-state index contributed by atoms with van der Waals surface area (Å²) in [7, 11) is 0. The Balaban J connectivity index is 1.31. The van der Waals surface area contributed by atoms with Crippen molar-refractivity contribution in [1.82, 2.24) is 14.8 Å². The molecule has 2 saturated heterocycles. The molecule has 2 aromatic rings. The lowest BCUT2D eigenvalue weighted by atomic mass is 10.1. The number of thiophene rings is 1. The quantitative estimate of drug-likeness (QED) is 0.776. The fourth-order valence-corrected chi connectivity index (χ4v) is 7.15. The van der Waals surface area contributed by atoms with Crippen molar-refractivity contribution in [1.29, 1.82) is 0 Å². The molecular formula is C22H25N3O2S. The molecule has 4 atom stereocenters. The van der Waals surface area contributed by atoms with E-state index in [1.807, 2.05) is 17.9 Å².